The molecule has 2 aromatic rings. The molecule has 0 radical (unpaired) electrons. The van der Waals surface area contributed by atoms with Crippen LogP contribution in [0.15, 0.2) is 54.6 Å². The second-order valence-corrected chi connectivity index (χ2v) is 5.96. The summed E-state index contributed by atoms with van der Waals surface area (Å²) in [5.41, 5.74) is 3.11. The summed E-state index contributed by atoms with van der Waals surface area (Å²) in [6.07, 6.45) is 5.02. The molecule has 0 saturated heterocycles. The zero-order valence-electron chi connectivity index (χ0n) is 12.8. The van der Waals surface area contributed by atoms with E-state index in [0.717, 1.165) is 12.0 Å². The second kappa shape index (κ2) is 5.72. The van der Waals surface area contributed by atoms with Crippen LogP contribution < -0.4 is 0 Å². The Kier molecular flexibility index (Phi) is 3.76. The number of benzene rings is 2. The molecule has 2 heteroatoms. The maximum atomic E-state index is 12.6. The molecule has 0 bridgehead atoms. The van der Waals surface area contributed by atoms with Crippen LogP contribution in [-0.4, -0.2) is 11.6 Å². The zero-order valence-corrected chi connectivity index (χ0v) is 12.8. The molecule has 0 aromatic heterocycles. The van der Waals surface area contributed by atoms with Gasteiger partial charge in [-0.25, -0.2) is 0 Å². The van der Waals surface area contributed by atoms with Gasteiger partial charge in [-0.2, -0.15) is 0 Å². The molecule has 110 valence electrons. The van der Waals surface area contributed by atoms with Gasteiger partial charge in [0.25, 0.3) is 0 Å². The van der Waals surface area contributed by atoms with E-state index in [2.05, 4.69) is 26.0 Å². The molecular weight excluding hydrogens is 272 g/mol. The Morgan fingerprint density at radius 3 is 2.09 bits per heavy atom. The van der Waals surface area contributed by atoms with Crippen molar-refractivity contribution in [2.24, 2.45) is 5.92 Å². The van der Waals surface area contributed by atoms with Crippen LogP contribution in [0.2, 0.25) is 0 Å². The van der Waals surface area contributed by atoms with Crippen LogP contribution in [-0.2, 0) is 6.42 Å². The lowest BCUT2D eigenvalue weighted by atomic mass is 9.83. The van der Waals surface area contributed by atoms with Crippen molar-refractivity contribution in [1.82, 2.24) is 0 Å². The van der Waals surface area contributed by atoms with Gasteiger partial charge in [0.2, 0.25) is 0 Å². The van der Waals surface area contributed by atoms with Crippen LogP contribution in [0.4, 0.5) is 0 Å². The summed E-state index contributed by atoms with van der Waals surface area (Å²) >= 11 is 0. The molecule has 0 unspecified atom stereocenters. The van der Waals surface area contributed by atoms with Crippen LogP contribution >= 0.6 is 0 Å². The van der Waals surface area contributed by atoms with E-state index in [1.165, 1.54) is 0 Å². The van der Waals surface area contributed by atoms with Crippen molar-refractivity contribution in [2.45, 2.75) is 20.3 Å². The average Bonchev–Trinajstić information content (AvgIpc) is 2.52. The number of rotatable bonds is 3. The van der Waals surface area contributed by atoms with Crippen molar-refractivity contribution in [3.8, 4) is 0 Å². The average molecular weight is 290 g/mol. The molecule has 3 rings (SSSR count). The predicted molar refractivity (Wildman–Crippen MR) is 87.4 cm³/mol. The molecule has 1 aliphatic carbocycles. The van der Waals surface area contributed by atoms with Gasteiger partial charge in [0.15, 0.2) is 11.6 Å². The van der Waals surface area contributed by atoms with E-state index in [9.17, 15) is 9.59 Å². The number of fused-ring (bicyclic) bond motifs is 2. The first kappa shape index (κ1) is 14.5. The maximum absolute atomic E-state index is 12.6. The monoisotopic (exact) mass is 290 g/mol. The van der Waals surface area contributed by atoms with E-state index in [0.29, 0.717) is 28.2 Å². The third kappa shape index (κ3) is 2.52. The number of ketones is 2. The number of hydrogen-bond acceptors (Lipinski definition) is 2. The maximum Gasteiger partial charge on any atom is 0.194 e. The van der Waals surface area contributed by atoms with E-state index in [-0.39, 0.29) is 11.6 Å². The van der Waals surface area contributed by atoms with E-state index in [4.69, 9.17) is 0 Å². The lowest BCUT2D eigenvalue weighted by Crippen LogP contribution is -2.20. The minimum Gasteiger partial charge on any atom is -0.289 e. The van der Waals surface area contributed by atoms with Gasteiger partial charge in [-0.1, -0.05) is 62.4 Å². The topological polar surface area (TPSA) is 34.1 Å². The molecule has 0 N–H and O–H groups in total. The van der Waals surface area contributed by atoms with Crippen LogP contribution in [0.5, 0.6) is 0 Å². The molecular formula is C20H18O2. The Morgan fingerprint density at radius 2 is 1.45 bits per heavy atom. The quantitative estimate of drug-likeness (QED) is 0.677. The van der Waals surface area contributed by atoms with Crippen molar-refractivity contribution in [3.63, 3.8) is 0 Å². The molecule has 0 aliphatic heterocycles. The fraction of sp³-hybridized carbons (Fsp3) is 0.200. The number of carbonyl (C=O) groups is 2. The van der Waals surface area contributed by atoms with Crippen molar-refractivity contribution in [3.05, 3.63) is 82.4 Å². The molecule has 22 heavy (non-hydrogen) atoms. The third-order valence-corrected chi connectivity index (χ3v) is 3.86. The van der Waals surface area contributed by atoms with Crippen LogP contribution in [0.1, 0.15) is 51.3 Å². The highest BCUT2D eigenvalue weighted by Gasteiger charge is 2.29. The van der Waals surface area contributed by atoms with Crippen molar-refractivity contribution < 1.29 is 9.59 Å². The lowest BCUT2D eigenvalue weighted by molar-refractivity contribution is 0.0979. The van der Waals surface area contributed by atoms with Crippen molar-refractivity contribution in [1.29, 1.82) is 0 Å². The van der Waals surface area contributed by atoms with Gasteiger partial charge in [0.1, 0.15) is 0 Å². The standard InChI is InChI=1S/C20H18O2/c1-13(2)6-5-7-14-10-11-17-18(12-14)20(22)16-9-4-3-8-15(16)19(17)21/h3-6,8-13H,7H2,1-2H3. The van der Waals surface area contributed by atoms with Gasteiger partial charge >= 0.3 is 0 Å². The number of hydrogen-bond donors (Lipinski definition) is 0. The zero-order chi connectivity index (χ0) is 15.7. The van der Waals surface area contributed by atoms with Crippen LogP contribution in [0.3, 0.4) is 0 Å². The minimum atomic E-state index is -0.0607. The summed E-state index contributed by atoms with van der Waals surface area (Å²) in [5.74, 6) is 0.391. The Morgan fingerprint density at radius 1 is 0.864 bits per heavy atom. The second-order valence-electron chi connectivity index (χ2n) is 5.96. The molecule has 0 heterocycles. The summed E-state index contributed by atoms with van der Waals surface area (Å²) in [6, 6.07) is 12.6. The molecule has 0 atom stereocenters. The largest absolute Gasteiger partial charge is 0.289 e. The Labute approximate surface area is 130 Å². The highest BCUT2D eigenvalue weighted by molar-refractivity contribution is 6.28. The fourth-order valence-corrected chi connectivity index (χ4v) is 2.75. The molecule has 1 aliphatic rings. The van der Waals surface area contributed by atoms with Crippen LogP contribution in [0.25, 0.3) is 0 Å². The molecule has 0 spiro atoms. The first-order valence-corrected chi connectivity index (χ1v) is 7.56. The summed E-state index contributed by atoms with van der Waals surface area (Å²) in [4.78, 5) is 25.1. The number of allylic oxidation sites excluding steroid dienone is 2. The number of carbonyl (C=O) groups excluding carboxylic acids is 2. The first-order chi connectivity index (χ1) is 10.6. The first-order valence-electron chi connectivity index (χ1n) is 7.56. The van der Waals surface area contributed by atoms with Gasteiger partial charge in [0, 0.05) is 22.3 Å². The van der Waals surface area contributed by atoms with Crippen molar-refractivity contribution >= 4 is 11.6 Å². The molecule has 0 saturated carbocycles. The minimum absolute atomic E-state index is 0.0557. The molecule has 2 aromatic carbocycles. The smallest absolute Gasteiger partial charge is 0.194 e. The highest BCUT2D eigenvalue weighted by Crippen LogP contribution is 2.28. The van der Waals surface area contributed by atoms with E-state index >= 15 is 0 Å². The van der Waals surface area contributed by atoms with Crippen molar-refractivity contribution in [2.75, 3.05) is 0 Å². The molecule has 0 fully saturated rings. The van der Waals surface area contributed by atoms with Gasteiger partial charge in [-0.15, -0.1) is 0 Å². The highest BCUT2D eigenvalue weighted by atomic mass is 16.1. The fourth-order valence-electron chi connectivity index (χ4n) is 2.75. The van der Waals surface area contributed by atoms with E-state index in [1.807, 2.05) is 12.1 Å². The summed E-state index contributed by atoms with van der Waals surface area (Å²) in [7, 11) is 0. The summed E-state index contributed by atoms with van der Waals surface area (Å²) < 4.78 is 0. The van der Waals surface area contributed by atoms with E-state index < -0.39 is 0 Å². The SMILES string of the molecule is CC(C)C=CCc1ccc2c(c1)C(=O)c1ccccc1C2=O. The summed E-state index contributed by atoms with van der Waals surface area (Å²) in [6.45, 7) is 4.25. The Balaban J connectivity index is 1.99. The Hall–Kier alpha value is -2.48. The molecule has 2 nitrogen and oxygen atoms in total. The third-order valence-electron chi connectivity index (χ3n) is 3.86. The van der Waals surface area contributed by atoms with Gasteiger partial charge < -0.3 is 0 Å². The van der Waals surface area contributed by atoms with Gasteiger partial charge in [0.05, 0.1) is 0 Å². The molecule has 0 amide bonds. The van der Waals surface area contributed by atoms with E-state index in [1.54, 1.807) is 30.3 Å². The van der Waals surface area contributed by atoms with Gasteiger partial charge in [-0.3, -0.25) is 9.59 Å². The normalized spacial score (nSPS) is 13.6. The Bertz CT molecular complexity index is 782. The summed E-state index contributed by atoms with van der Waals surface area (Å²) in [5, 5.41) is 0. The van der Waals surface area contributed by atoms with Gasteiger partial charge in [-0.05, 0) is 24.0 Å². The van der Waals surface area contributed by atoms with Crippen LogP contribution in [0, 0.1) is 5.92 Å². The predicted octanol–water partition coefficient (Wildman–Crippen LogP) is 4.22. The lowest BCUT2D eigenvalue weighted by Gasteiger charge is -2.17.